The van der Waals surface area contributed by atoms with Crippen LogP contribution < -0.4 is 0 Å². The number of aryl methyl sites for hydroxylation is 2. The van der Waals surface area contributed by atoms with E-state index < -0.39 is 6.29 Å². The van der Waals surface area contributed by atoms with E-state index in [9.17, 15) is 19.4 Å². The minimum absolute atomic E-state index is 0.00516. The normalized spacial score (nSPS) is 12.6. The molecule has 0 aliphatic heterocycles. The summed E-state index contributed by atoms with van der Waals surface area (Å²) < 4.78 is 15.8. The summed E-state index contributed by atoms with van der Waals surface area (Å²) in [5.74, 6) is -0.276. The summed E-state index contributed by atoms with van der Waals surface area (Å²) in [5, 5.41) is 19.9. The molecule has 3 aromatic rings. The van der Waals surface area contributed by atoms with Gasteiger partial charge in [-0.1, -0.05) is 49.6 Å². The van der Waals surface area contributed by atoms with Crippen LogP contribution in [0.25, 0.3) is 10.9 Å². The molecule has 2 N–H and O–H groups in total. The molecular weight excluding hydrogens is 441 g/mol. The average Bonchev–Trinajstić information content (AvgIpc) is 3.02. The van der Waals surface area contributed by atoms with Crippen molar-refractivity contribution in [2.24, 2.45) is 13.0 Å². The molecule has 0 unspecified atom stereocenters. The highest BCUT2D eigenvalue weighted by atomic mass is 35.5. The molecule has 0 saturated heterocycles. The minimum atomic E-state index is -1.42. The topological polar surface area (TPSA) is 62.5 Å². The summed E-state index contributed by atoms with van der Waals surface area (Å²) in [7, 11) is 1.97. The van der Waals surface area contributed by atoms with Gasteiger partial charge in [-0.3, -0.25) is 4.79 Å². The van der Waals surface area contributed by atoms with E-state index >= 15 is 0 Å². The Bertz CT molecular complexity index is 1090. The van der Waals surface area contributed by atoms with Crippen LogP contribution in [0.2, 0.25) is 5.02 Å². The molecule has 0 saturated carbocycles. The number of hydrogen-bond donors (Lipinski definition) is 2. The molecule has 0 radical (unpaired) electrons. The van der Waals surface area contributed by atoms with Crippen molar-refractivity contribution in [3.63, 3.8) is 0 Å². The number of ketones is 1. The molecule has 0 amide bonds. The lowest BCUT2D eigenvalue weighted by atomic mass is 9.94. The molecule has 3 rings (SSSR count). The van der Waals surface area contributed by atoms with Crippen molar-refractivity contribution in [2.75, 3.05) is 0 Å². The van der Waals surface area contributed by atoms with Crippen molar-refractivity contribution in [1.29, 1.82) is 0 Å². The van der Waals surface area contributed by atoms with Gasteiger partial charge in [-0.2, -0.15) is 0 Å². The summed E-state index contributed by atoms with van der Waals surface area (Å²) >= 11 is 6.24. The molecule has 0 aliphatic carbocycles. The third-order valence-corrected chi connectivity index (χ3v) is 6.51. The van der Waals surface area contributed by atoms with Gasteiger partial charge in [0.2, 0.25) is 0 Å². The summed E-state index contributed by atoms with van der Waals surface area (Å²) in [6, 6.07) is 12.5. The number of unbranched alkanes of at least 4 members (excludes halogenated alkanes) is 3. The van der Waals surface area contributed by atoms with Crippen molar-refractivity contribution >= 4 is 28.3 Å². The zero-order valence-electron chi connectivity index (χ0n) is 19.4. The van der Waals surface area contributed by atoms with Gasteiger partial charge < -0.3 is 14.8 Å². The molecule has 33 heavy (non-hydrogen) atoms. The van der Waals surface area contributed by atoms with Crippen molar-refractivity contribution in [3.05, 3.63) is 70.1 Å². The Morgan fingerprint density at radius 3 is 2.45 bits per heavy atom. The van der Waals surface area contributed by atoms with Gasteiger partial charge >= 0.3 is 0 Å². The monoisotopic (exact) mass is 473 g/mol. The highest BCUT2D eigenvalue weighted by Crippen LogP contribution is 2.31. The average molecular weight is 474 g/mol. The second kappa shape index (κ2) is 11.8. The number of aliphatic hydroxyl groups excluding tert-OH is 1. The summed E-state index contributed by atoms with van der Waals surface area (Å²) in [6.45, 7) is 1.85. The van der Waals surface area contributed by atoms with Gasteiger partial charge in [-0.25, -0.2) is 4.39 Å². The van der Waals surface area contributed by atoms with Crippen LogP contribution in [0, 0.1) is 11.7 Å². The zero-order valence-corrected chi connectivity index (χ0v) is 20.1. The maximum atomic E-state index is 13.8. The fraction of sp³-hybridized carbons (Fsp3) is 0.444. The number of fused-ring (bicyclic) bond motifs is 1. The molecule has 0 aliphatic rings. The van der Waals surface area contributed by atoms with Crippen LogP contribution in [-0.4, -0.2) is 26.9 Å². The van der Waals surface area contributed by atoms with Gasteiger partial charge in [0.15, 0.2) is 12.1 Å². The predicted molar refractivity (Wildman–Crippen MR) is 131 cm³/mol. The molecule has 178 valence electrons. The quantitative estimate of drug-likeness (QED) is 0.186. The maximum Gasteiger partial charge on any atom is 0.165 e. The SMILES string of the molecule is C[C@@H](CC(=O)c1c(CCCCCCc2ccccc2F)n(C)c2ccc(Cl)cc12)CC(O)O. The molecule has 0 spiro atoms. The Labute approximate surface area is 200 Å². The number of aliphatic hydroxyl groups is 2. The van der Waals surface area contributed by atoms with Gasteiger partial charge in [0.25, 0.3) is 0 Å². The van der Waals surface area contributed by atoms with Crippen LogP contribution in [0.5, 0.6) is 0 Å². The smallest absolute Gasteiger partial charge is 0.165 e. The first-order valence-corrected chi connectivity index (χ1v) is 12.0. The Kier molecular flexibility index (Phi) is 9.07. The first kappa shape index (κ1) is 25.4. The number of aromatic nitrogens is 1. The molecule has 4 nitrogen and oxygen atoms in total. The highest BCUT2D eigenvalue weighted by molar-refractivity contribution is 6.31. The van der Waals surface area contributed by atoms with Gasteiger partial charge in [0.1, 0.15) is 5.82 Å². The number of nitrogens with zero attached hydrogens (tertiary/aromatic N) is 1. The van der Waals surface area contributed by atoms with Crippen LogP contribution in [0.1, 0.15) is 67.1 Å². The molecule has 1 aromatic heterocycles. The molecular formula is C27H33ClFNO3. The lowest BCUT2D eigenvalue weighted by Crippen LogP contribution is -2.15. The molecule has 1 atom stereocenters. The van der Waals surface area contributed by atoms with Crippen LogP contribution in [0.3, 0.4) is 0 Å². The largest absolute Gasteiger partial charge is 0.368 e. The van der Waals surface area contributed by atoms with E-state index in [1.165, 1.54) is 6.07 Å². The van der Waals surface area contributed by atoms with E-state index in [1.54, 1.807) is 6.07 Å². The molecule has 1 heterocycles. The third-order valence-electron chi connectivity index (χ3n) is 6.28. The molecule has 0 fully saturated rings. The number of rotatable bonds is 12. The van der Waals surface area contributed by atoms with Crippen LogP contribution in [-0.2, 0) is 19.9 Å². The first-order valence-electron chi connectivity index (χ1n) is 11.7. The second-order valence-electron chi connectivity index (χ2n) is 9.00. The Hall–Kier alpha value is -2.21. The Morgan fingerprint density at radius 2 is 1.76 bits per heavy atom. The zero-order chi connectivity index (χ0) is 24.0. The van der Waals surface area contributed by atoms with Gasteiger partial charge in [-0.05, 0) is 61.4 Å². The lowest BCUT2D eigenvalue weighted by molar-refractivity contribution is -0.0543. The Balaban J connectivity index is 1.68. The maximum absolute atomic E-state index is 13.8. The van der Waals surface area contributed by atoms with Gasteiger partial charge in [0, 0.05) is 47.1 Å². The number of carbonyl (C=O) groups excluding carboxylic acids is 1. The van der Waals surface area contributed by atoms with Crippen molar-refractivity contribution < 1.29 is 19.4 Å². The number of carbonyl (C=O) groups is 1. The third kappa shape index (κ3) is 6.66. The fourth-order valence-electron chi connectivity index (χ4n) is 4.60. The van der Waals surface area contributed by atoms with Crippen LogP contribution in [0.15, 0.2) is 42.5 Å². The van der Waals surface area contributed by atoms with E-state index in [-0.39, 0.29) is 30.4 Å². The van der Waals surface area contributed by atoms with E-state index in [0.717, 1.165) is 60.7 Å². The minimum Gasteiger partial charge on any atom is -0.368 e. The first-order chi connectivity index (χ1) is 15.8. The standard InChI is InChI=1S/C27H33ClFNO3/c1-18(16-26(32)33)15-25(31)27-21-17-20(28)13-14-23(21)30(2)24(27)12-6-4-3-5-9-19-10-7-8-11-22(19)29/h7-8,10-11,13-14,17-18,26,32-33H,3-6,9,12,15-16H2,1-2H3/t18-/m0/s1. The molecule has 6 heteroatoms. The number of halogens is 2. The fourth-order valence-corrected chi connectivity index (χ4v) is 4.77. The van der Waals surface area contributed by atoms with Crippen molar-refractivity contribution in [1.82, 2.24) is 4.57 Å². The second-order valence-corrected chi connectivity index (χ2v) is 9.43. The van der Waals surface area contributed by atoms with Crippen LogP contribution in [0.4, 0.5) is 4.39 Å². The van der Waals surface area contributed by atoms with E-state index in [0.29, 0.717) is 10.6 Å². The van der Waals surface area contributed by atoms with Crippen molar-refractivity contribution in [3.8, 4) is 0 Å². The summed E-state index contributed by atoms with van der Waals surface area (Å²) in [4.78, 5) is 13.3. The lowest BCUT2D eigenvalue weighted by Gasteiger charge is -2.13. The van der Waals surface area contributed by atoms with Crippen LogP contribution >= 0.6 is 11.6 Å². The summed E-state index contributed by atoms with van der Waals surface area (Å²) in [6.07, 6.45) is 4.35. The van der Waals surface area contributed by atoms with Gasteiger partial charge in [-0.15, -0.1) is 0 Å². The number of Topliss-reactive ketones (excluding diaryl/α,β-unsaturated/α-hetero) is 1. The number of hydrogen-bond acceptors (Lipinski definition) is 3. The van der Waals surface area contributed by atoms with E-state index in [2.05, 4.69) is 4.57 Å². The van der Waals surface area contributed by atoms with Gasteiger partial charge in [0.05, 0.1) is 0 Å². The number of benzene rings is 2. The van der Waals surface area contributed by atoms with Crippen molar-refractivity contribution in [2.45, 2.75) is 64.6 Å². The Morgan fingerprint density at radius 1 is 1.06 bits per heavy atom. The van der Waals surface area contributed by atoms with E-state index in [1.807, 2.05) is 44.3 Å². The predicted octanol–water partition coefficient (Wildman–Crippen LogP) is 6.23. The summed E-state index contributed by atoms with van der Waals surface area (Å²) in [5.41, 5.74) is 3.41. The molecule has 2 aromatic carbocycles. The highest BCUT2D eigenvalue weighted by Gasteiger charge is 2.23. The van der Waals surface area contributed by atoms with E-state index in [4.69, 9.17) is 11.6 Å². The molecule has 0 bridgehead atoms.